The van der Waals surface area contributed by atoms with Crippen LogP contribution >= 0.6 is 0 Å². The van der Waals surface area contributed by atoms with Crippen molar-refractivity contribution >= 4 is 44.0 Å². The number of hydrogen-bond acceptors (Lipinski definition) is 1. The first-order valence-electron chi connectivity index (χ1n) is 4.42. The molecule has 0 saturated heterocycles. The first-order valence-corrected chi connectivity index (χ1v) is 4.42. The molecule has 2 rings (SSSR count). The Balaban J connectivity index is 0.00000112. The van der Waals surface area contributed by atoms with E-state index in [0.29, 0.717) is 5.56 Å². The van der Waals surface area contributed by atoms with Crippen LogP contribution in [-0.2, 0) is 0 Å². The molecule has 0 saturated carbocycles. The first-order chi connectivity index (χ1) is 6.70. The van der Waals surface area contributed by atoms with Gasteiger partial charge in [0.2, 0.25) is 0 Å². The fourth-order valence-corrected chi connectivity index (χ4v) is 1.64. The Labute approximate surface area is 108 Å². The van der Waals surface area contributed by atoms with Crippen molar-refractivity contribution in [2.24, 2.45) is 0 Å². The van der Waals surface area contributed by atoms with Crippen molar-refractivity contribution in [3.63, 3.8) is 0 Å². The zero-order chi connectivity index (χ0) is 10.1. The molecule has 2 nitrogen and oxygen atoms in total. The predicted molar refractivity (Wildman–Crippen MR) is 61.4 cm³/mol. The van der Waals surface area contributed by atoms with Crippen LogP contribution < -0.4 is 0 Å². The molecule has 0 heterocycles. The second-order valence-electron chi connectivity index (χ2n) is 3.28. The maximum atomic E-state index is 10.9. The van der Waals surface area contributed by atoms with Gasteiger partial charge in [-0.15, -0.1) is 0 Å². The normalized spacial score (nSPS) is 9.67. The second-order valence-corrected chi connectivity index (χ2v) is 3.28. The average Bonchev–Trinajstić information content (AvgIpc) is 2.18. The molecule has 3 heteroatoms. The van der Waals surface area contributed by atoms with Crippen LogP contribution in [0.5, 0.6) is 0 Å². The fourth-order valence-electron chi connectivity index (χ4n) is 1.64. The molecule has 0 spiro atoms. The van der Waals surface area contributed by atoms with E-state index < -0.39 is 5.97 Å². The van der Waals surface area contributed by atoms with Crippen molar-refractivity contribution in [2.45, 2.75) is 6.92 Å². The molecule has 0 unspecified atom stereocenters. The molecule has 0 bridgehead atoms. The molecular weight excluding hydrogens is 381 g/mol. The van der Waals surface area contributed by atoms with Gasteiger partial charge < -0.3 is 5.11 Å². The van der Waals surface area contributed by atoms with E-state index in [9.17, 15) is 4.79 Å². The number of carboxylic acids is 1. The summed E-state index contributed by atoms with van der Waals surface area (Å²) in [6.45, 7) is 1.98. The zero-order valence-corrected chi connectivity index (χ0v) is 12.9. The van der Waals surface area contributed by atoms with Gasteiger partial charge in [-0.2, -0.15) is 0 Å². The summed E-state index contributed by atoms with van der Waals surface area (Å²) in [6, 6.07) is 11.0. The van der Waals surface area contributed by atoms with Gasteiger partial charge in [0, 0.05) is 27.3 Å². The molecule has 1 radical (unpaired) electrons. The Morgan fingerprint density at radius 3 is 2.27 bits per heavy atom. The zero-order valence-electron chi connectivity index (χ0n) is 8.40. The standard InChI is InChI=1S/C12H10O2.Tl/c1-8-6-7-11(12(13)14)10-5-3-2-4-9(8)10;/h2-7H,1H3,(H,13,14);. The van der Waals surface area contributed by atoms with Crippen LogP contribution in [0.2, 0.25) is 0 Å². The van der Waals surface area contributed by atoms with Gasteiger partial charge in [0.15, 0.2) is 0 Å². The first kappa shape index (κ1) is 12.2. The molecule has 0 aromatic heterocycles. The smallest absolute Gasteiger partial charge is 0.336 e. The van der Waals surface area contributed by atoms with E-state index in [1.54, 1.807) is 6.07 Å². The van der Waals surface area contributed by atoms with Gasteiger partial charge in [0.05, 0.1) is 5.56 Å². The Hall–Kier alpha value is -0.908. The van der Waals surface area contributed by atoms with Crippen molar-refractivity contribution in [2.75, 3.05) is 0 Å². The summed E-state index contributed by atoms with van der Waals surface area (Å²) in [7, 11) is 0. The third kappa shape index (κ3) is 2.19. The summed E-state index contributed by atoms with van der Waals surface area (Å²) in [5, 5.41) is 10.8. The molecule has 2 aromatic rings. The molecule has 0 atom stereocenters. The molecule has 0 aliphatic heterocycles. The summed E-state index contributed by atoms with van der Waals surface area (Å²) < 4.78 is 0. The summed E-state index contributed by atoms with van der Waals surface area (Å²) in [5.74, 6) is -0.874. The number of aryl methyl sites for hydroxylation is 1. The quantitative estimate of drug-likeness (QED) is 0.760. The Morgan fingerprint density at radius 1 is 1.07 bits per heavy atom. The van der Waals surface area contributed by atoms with Gasteiger partial charge in [-0.25, -0.2) is 4.79 Å². The van der Waals surface area contributed by atoms with Crippen LogP contribution in [0.15, 0.2) is 36.4 Å². The fraction of sp³-hybridized carbons (Fsp3) is 0.0833. The van der Waals surface area contributed by atoms with Crippen molar-refractivity contribution in [3.8, 4) is 0 Å². The van der Waals surface area contributed by atoms with E-state index in [0.717, 1.165) is 16.3 Å². The molecule has 0 fully saturated rings. The van der Waals surface area contributed by atoms with E-state index in [4.69, 9.17) is 5.11 Å². The summed E-state index contributed by atoms with van der Waals surface area (Å²) in [6.07, 6.45) is 0. The van der Waals surface area contributed by atoms with Crippen LogP contribution in [0.25, 0.3) is 10.8 Å². The van der Waals surface area contributed by atoms with Gasteiger partial charge in [-0.1, -0.05) is 30.3 Å². The van der Waals surface area contributed by atoms with Gasteiger partial charge in [0.25, 0.3) is 0 Å². The SMILES string of the molecule is Cc1ccc(C(=O)O)c2ccccc12.[Tl]. The molecule has 0 amide bonds. The van der Waals surface area contributed by atoms with E-state index in [-0.39, 0.29) is 27.3 Å². The molecule has 1 N–H and O–H groups in total. The van der Waals surface area contributed by atoms with Crippen LogP contribution in [-0.4, -0.2) is 38.4 Å². The number of benzene rings is 2. The van der Waals surface area contributed by atoms with E-state index in [1.165, 1.54) is 0 Å². The van der Waals surface area contributed by atoms with Crippen molar-refractivity contribution in [3.05, 3.63) is 47.5 Å². The average molecular weight is 391 g/mol. The van der Waals surface area contributed by atoms with E-state index >= 15 is 0 Å². The van der Waals surface area contributed by atoms with Crippen molar-refractivity contribution in [1.29, 1.82) is 0 Å². The summed E-state index contributed by atoms with van der Waals surface area (Å²) >= 11 is 0. The Morgan fingerprint density at radius 2 is 1.67 bits per heavy atom. The summed E-state index contributed by atoms with van der Waals surface area (Å²) in [5.41, 5.74) is 1.47. The van der Waals surface area contributed by atoms with Crippen LogP contribution in [0.4, 0.5) is 0 Å². The van der Waals surface area contributed by atoms with Crippen LogP contribution in [0, 0.1) is 6.92 Å². The number of fused-ring (bicyclic) bond motifs is 1. The second kappa shape index (κ2) is 4.74. The third-order valence-corrected chi connectivity index (χ3v) is 2.37. The summed E-state index contributed by atoms with van der Waals surface area (Å²) in [4.78, 5) is 10.9. The minimum Gasteiger partial charge on any atom is -0.478 e. The molecule has 0 aliphatic carbocycles. The molecular formula is C12H10O2Tl. The predicted octanol–water partition coefficient (Wildman–Crippen LogP) is 2.47. The molecule has 73 valence electrons. The number of carbonyl (C=O) groups is 1. The maximum Gasteiger partial charge on any atom is 0.336 e. The third-order valence-electron chi connectivity index (χ3n) is 2.37. The largest absolute Gasteiger partial charge is 0.478 e. The van der Waals surface area contributed by atoms with Crippen molar-refractivity contribution in [1.82, 2.24) is 0 Å². The van der Waals surface area contributed by atoms with E-state index in [1.807, 2.05) is 37.3 Å². The van der Waals surface area contributed by atoms with E-state index in [2.05, 4.69) is 0 Å². The van der Waals surface area contributed by atoms with Gasteiger partial charge >= 0.3 is 5.97 Å². The van der Waals surface area contributed by atoms with Crippen molar-refractivity contribution < 1.29 is 9.90 Å². The minimum absolute atomic E-state index is 0. The van der Waals surface area contributed by atoms with Gasteiger partial charge in [-0.05, 0) is 29.3 Å². The molecule has 0 aliphatic rings. The van der Waals surface area contributed by atoms with Gasteiger partial charge in [0.1, 0.15) is 0 Å². The number of rotatable bonds is 1. The molecule has 2 aromatic carbocycles. The van der Waals surface area contributed by atoms with Crippen LogP contribution in [0.3, 0.4) is 0 Å². The molecule has 15 heavy (non-hydrogen) atoms. The number of carboxylic acid groups (broad SMARTS) is 1. The Kier molecular flexibility index (Phi) is 3.85. The monoisotopic (exact) mass is 391 g/mol. The maximum absolute atomic E-state index is 10.9. The van der Waals surface area contributed by atoms with Gasteiger partial charge in [-0.3, -0.25) is 0 Å². The van der Waals surface area contributed by atoms with Crippen LogP contribution in [0.1, 0.15) is 15.9 Å². The number of aromatic carboxylic acids is 1. The Bertz CT molecular complexity index is 506. The topological polar surface area (TPSA) is 37.3 Å². The minimum atomic E-state index is -0.874. The number of hydrogen-bond donors (Lipinski definition) is 1.